The van der Waals surface area contributed by atoms with E-state index < -0.39 is 42.6 Å². The number of carbonyl (C=O) groups excluding carboxylic acids is 1. The predicted octanol–water partition coefficient (Wildman–Crippen LogP) is 8.82. The molecule has 0 bridgehead atoms. The van der Waals surface area contributed by atoms with E-state index in [2.05, 4.69) is 27.7 Å². The van der Waals surface area contributed by atoms with Crippen molar-refractivity contribution in [3.63, 3.8) is 0 Å². The summed E-state index contributed by atoms with van der Waals surface area (Å²) in [7, 11) is 0. The van der Waals surface area contributed by atoms with E-state index in [0.29, 0.717) is 13.0 Å². The van der Waals surface area contributed by atoms with Gasteiger partial charge < -0.3 is 34.6 Å². The molecule has 1 rings (SSSR count). The van der Waals surface area contributed by atoms with Crippen LogP contribution in [0, 0.1) is 11.8 Å². The fourth-order valence-corrected chi connectivity index (χ4v) is 7.01. The Balaban J connectivity index is 2.11. The van der Waals surface area contributed by atoms with Gasteiger partial charge in [0.2, 0.25) is 0 Å². The maximum Gasteiger partial charge on any atom is 0.306 e. The summed E-state index contributed by atoms with van der Waals surface area (Å²) in [6.45, 7) is 9.76. The van der Waals surface area contributed by atoms with Gasteiger partial charge in [-0.1, -0.05) is 169 Å². The predicted molar refractivity (Wildman–Crippen MR) is 200 cm³/mol. The first-order valence-corrected chi connectivity index (χ1v) is 20.8. The van der Waals surface area contributed by atoms with Gasteiger partial charge in [-0.3, -0.25) is 4.79 Å². The van der Waals surface area contributed by atoms with E-state index in [0.717, 1.165) is 43.9 Å². The maximum atomic E-state index is 12.5. The van der Waals surface area contributed by atoms with Gasteiger partial charge in [-0.25, -0.2) is 0 Å². The van der Waals surface area contributed by atoms with Crippen molar-refractivity contribution in [2.24, 2.45) is 11.8 Å². The molecule has 4 N–H and O–H groups in total. The topological polar surface area (TPSA) is 126 Å². The number of hydrogen-bond acceptors (Lipinski definition) is 8. The van der Waals surface area contributed by atoms with Gasteiger partial charge in [0.25, 0.3) is 0 Å². The highest BCUT2D eigenvalue weighted by molar-refractivity contribution is 5.69. The molecule has 0 aromatic heterocycles. The Morgan fingerprint density at radius 3 is 1.53 bits per heavy atom. The summed E-state index contributed by atoms with van der Waals surface area (Å²) >= 11 is 0. The van der Waals surface area contributed by atoms with Gasteiger partial charge in [0, 0.05) is 13.0 Å². The lowest BCUT2D eigenvalue weighted by Gasteiger charge is -2.24. The summed E-state index contributed by atoms with van der Waals surface area (Å²) in [5.74, 6) is 1.19. The first-order valence-electron chi connectivity index (χ1n) is 20.8. The minimum atomic E-state index is -1.49. The minimum Gasteiger partial charge on any atom is -0.457 e. The molecular formula is C41H80O8. The second kappa shape index (κ2) is 30.8. The van der Waals surface area contributed by atoms with Crippen molar-refractivity contribution in [3.8, 4) is 0 Å². The molecule has 0 amide bonds. The second-order valence-corrected chi connectivity index (χ2v) is 15.4. The lowest BCUT2D eigenvalue weighted by Crippen LogP contribution is -2.41. The Kier molecular flexibility index (Phi) is 29.1. The molecule has 1 fully saturated rings. The molecule has 1 saturated carbocycles. The molecule has 1 aliphatic rings. The van der Waals surface area contributed by atoms with E-state index >= 15 is 0 Å². The highest BCUT2D eigenvalue weighted by Crippen LogP contribution is 2.28. The molecule has 0 aliphatic heterocycles. The van der Waals surface area contributed by atoms with E-state index in [1.54, 1.807) is 0 Å². The summed E-state index contributed by atoms with van der Waals surface area (Å²) in [6, 6.07) is 0. The third kappa shape index (κ3) is 23.4. The monoisotopic (exact) mass is 701 g/mol. The molecular weight excluding hydrogens is 620 g/mol. The number of esters is 1. The number of unbranched alkanes of at least 4 members (excludes halogenated alkanes) is 16. The number of aliphatic hydroxyl groups is 4. The van der Waals surface area contributed by atoms with Crippen LogP contribution in [0.1, 0.15) is 188 Å². The largest absolute Gasteiger partial charge is 0.457 e. The summed E-state index contributed by atoms with van der Waals surface area (Å²) in [6.07, 6.45) is 22.2. The third-order valence-corrected chi connectivity index (χ3v) is 10.4. The fraction of sp³-hybridized carbons (Fsp3) is 0.976. The summed E-state index contributed by atoms with van der Waals surface area (Å²) in [5, 5.41) is 41.4. The molecule has 49 heavy (non-hydrogen) atoms. The molecule has 0 saturated heterocycles. The quantitative estimate of drug-likeness (QED) is 0.0388. The molecule has 8 heteroatoms. The Morgan fingerprint density at radius 2 is 0.980 bits per heavy atom. The normalized spacial score (nSPS) is 22.7. The summed E-state index contributed by atoms with van der Waals surface area (Å²) < 4.78 is 16.8. The molecule has 292 valence electrons. The van der Waals surface area contributed by atoms with Crippen molar-refractivity contribution in [2.75, 3.05) is 19.8 Å². The van der Waals surface area contributed by atoms with Crippen LogP contribution in [0.3, 0.4) is 0 Å². The van der Waals surface area contributed by atoms with E-state index in [1.165, 1.54) is 116 Å². The van der Waals surface area contributed by atoms with E-state index in [1.807, 2.05) is 0 Å². The van der Waals surface area contributed by atoms with Crippen molar-refractivity contribution in [1.82, 2.24) is 0 Å². The van der Waals surface area contributed by atoms with Crippen LogP contribution in [0.15, 0.2) is 0 Å². The van der Waals surface area contributed by atoms with Crippen LogP contribution in [0.2, 0.25) is 0 Å². The SMILES string of the molecule is CCCCCCC(C)CCCCCCCCCOCC(O)COC1C(O)C(O)C(O)C1OC(=O)CCCCCCCCC(C)CCCCC. The van der Waals surface area contributed by atoms with Crippen molar-refractivity contribution in [2.45, 2.75) is 225 Å². The number of ether oxygens (including phenoxy) is 3. The molecule has 8 unspecified atom stereocenters. The van der Waals surface area contributed by atoms with Crippen molar-refractivity contribution < 1.29 is 39.4 Å². The lowest BCUT2D eigenvalue weighted by molar-refractivity contribution is -0.168. The van der Waals surface area contributed by atoms with Crippen LogP contribution >= 0.6 is 0 Å². The molecule has 0 radical (unpaired) electrons. The van der Waals surface area contributed by atoms with Crippen LogP contribution < -0.4 is 0 Å². The molecule has 0 spiro atoms. The highest BCUT2D eigenvalue weighted by Gasteiger charge is 2.52. The average molecular weight is 701 g/mol. The van der Waals surface area contributed by atoms with Gasteiger partial charge in [-0.2, -0.15) is 0 Å². The standard InChI is InChI=1S/C41H80O8/c1-5-7-9-20-26-34(4)28-21-15-11-10-14-18-24-30-47-31-35(42)32-48-40-38(45)37(44)39(46)41(40)49-36(43)29-23-17-13-12-16-22-27-33(3)25-19-8-6-2/h33-35,37-42,44-46H,5-32H2,1-4H3. The average Bonchev–Trinajstić information content (AvgIpc) is 3.28. The van der Waals surface area contributed by atoms with Crippen LogP contribution in [-0.4, -0.2) is 82.8 Å². The third-order valence-electron chi connectivity index (χ3n) is 10.4. The highest BCUT2D eigenvalue weighted by atomic mass is 16.6. The van der Waals surface area contributed by atoms with Gasteiger partial charge in [0.1, 0.15) is 30.5 Å². The molecule has 0 aromatic carbocycles. The fourth-order valence-electron chi connectivity index (χ4n) is 7.01. The summed E-state index contributed by atoms with van der Waals surface area (Å²) in [4.78, 5) is 12.5. The summed E-state index contributed by atoms with van der Waals surface area (Å²) in [5.41, 5.74) is 0. The molecule has 0 aromatic rings. The zero-order valence-electron chi connectivity index (χ0n) is 32.3. The zero-order chi connectivity index (χ0) is 36.1. The number of aliphatic hydroxyl groups excluding tert-OH is 4. The van der Waals surface area contributed by atoms with Crippen LogP contribution in [0.25, 0.3) is 0 Å². The van der Waals surface area contributed by atoms with Gasteiger partial charge in [0.05, 0.1) is 13.2 Å². The van der Waals surface area contributed by atoms with Crippen molar-refractivity contribution in [1.29, 1.82) is 0 Å². The van der Waals surface area contributed by atoms with E-state index in [9.17, 15) is 25.2 Å². The van der Waals surface area contributed by atoms with Gasteiger partial charge in [-0.05, 0) is 24.7 Å². The van der Waals surface area contributed by atoms with Crippen molar-refractivity contribution >= 4 is 5.97 Å². The molecule has 1 aliphatic carbocycles. The first kappa shape index (κ1) is 46.3. The van der Waals surface area contributed by atoms with Gasteiger partial charge in [0.15, 0.2) is 6.10 Å². The first-order chi connectivity index (χ1) is 23.7. The van der Waals surface area contributed by atoms with Gasteiger partial charge >= 0.3 is 5.97 Å². The maximum absolute atomic E-state index is 12.5. The minimum absolute atomic E-state index is 0.0903. The van der Waals surface area contributed by atoms with Crippen LogP contribution in [0.4, 0.5) is 0 Å². The Hall–Kier alpha value is -0.770. The van der Waals surface area contributed by atoms with Gasteiger partial charge in [-0.15, -0.1) is 0 Å². The van der Waals surface area contributed by atoms with Crippen LogP contribution in [-0.2, 0) is 19.0 Å². The lowest BCUT2D eigenvalue weighted by atomic mass is 9.96. The number of rotatable bonds is 34. The smallest absolute Gasteiger partial charge is 0.306 e. The van der Waals surface area contributed by atoms with E-state index in [-0.39, 0.29) is 19.6 Å². The Bertz CT molecular complexity index is 751. The Morgan fingerprint density at radius 1 is 0.551 bits per heavy atom. The Labute approximate surface area is 301 Å². The molecule has 0 heterocycles. The second-order valence-electron chi connectivity index (χ2n) is 15.4. The van der Waals surface area contributed by atoms with E-state index in [4.69, 9.17) is 14.2 Å². The number of hydrogen-bond donors (Lipinski definition) is 4. The van der Waals surface area contributed by atoms with Crippen LogP contribution in [0.5, 0.6) is 0 Å². The van der Waals surface area contributed by atoms with Crippen molar-refractivity contribution in [3.05, 3.63) is 0 Å². The molecule has 8 atom stereocenters. The number of carbonyl (C=O) groups is 1. The molecule has 8 nitrogen and oxygen atoms in total. The zero-order valence-corrected chi connectivity index (χ0v) is 32.3.